The lowest BCUT2D eigenvalue weighted by atomic mass is 10.1. The number of hydrogen-bond acceptors (Lipinski definition) is 5. The first-order valence-electron chi connectivity index (χ1n) is 8.25. The minimum atomic E-state index is -0.525. The van der Waals surface area contributed by atoms with Gasteiger partial charge in [-0.05, 0) is 72.2 Å². The van der Waals surface area contributed by atoms with Gasteiger partial charge in [-0.25, -0.2) is 0 Å². The summed E-state index contributed by atoms with van der Waals surface area (Å²) >= 11 is 9.98. The Hall–Kier alpha value is -1.97. The Bertz CT molecular complexity index is 896. The monoisotopic (exact) mass is 469 g/mol. The maximum Gasteiger partial charge on any atom is 0.257 e. The van der Waals surface area contributed by atoms with Gasteiger partial charge in [-0.15, -0.1) is 11.3 Å². The number of carbonyl (C=O) groups is 2. The molecule has 0 fully saturated rings. The third-order valence-corrected chi connectivity index (χ3v) is 5.64. The van der Waals surface area contributed by atoms with Gasteiger partial charge in [0, 0.05) is 10.4 Å². The van der Waals surface area contributed by atoms with Crippen LogP contribution < -0.4 is 21.1 Å². The summed E-state index contributed by atoms with van der Waals surface area (Å²) in [5.74, 6) is -0.244. The van der Waals surface area contributed by atoms with Crippen LogP contribution in [0.4, 0.5) is 5.00 Å². The van der Waals surface area contributed by atoms with Crippen LogP contribution in [0.5, 0.6) is 5.75 Å². The SMILES string of the molecule is CCOc1ccc(C(=O)NC(=S)Nc2sc(C)c(CC)c2C(N)=O)cc1Br. The van der Waals surface area contributed by atoms with Crippen LogP contribution in [0.2, 0.25) is 0 Å². The number of amides is 2. The topological polar surface area (TPSA) is 93.4 Å². The fourth-order valence-corrected chi connectivity index (χ4v) is 4.48. The molecule has 0 saturated carbocycles. The third-order valence-electron chi connectivity index (χ3n) is 3.76. The number of carbonyl (C=O) groups excluding carboxylic acids is 2. The van der Waals surface area contributed by atoms with Gasteiger partial charge in [-0.1, -0.05) is 6.92 Å². The van der Waals surface area contributed by atoms with Gasteiger partial charge in [-0.2, -0.15) is 0 Å². The fourth-order valence-electron chi connectivity index (χ4n) is 2.58. The van der Waals surface area contributed by atoms with Gasteiger partial charge in [0.05, 0.1) is 16.6 Å². The maximum atomic E-state index is 12.4. The molecule has 27 heavy (non-hydrogen) atoms. The molecule has 0 bridgehead atoms. The van der Waals surface area contributed by atoms with E-state index in [4.69, 9.17) is 22.7 Å². The molecule has 9 heteroatoms. The first-order valence-corrected chi connectivity index (χ1v) is 10.3. The van der Waals surface area contributed by atoms with E-state index in [0.29, 0.717) is 39.4 Å². The molecule has 0 aliphatic carbocycles. The van der Waals surface area contributed by atoms with Crippen molar-refractivity contribution in [3.63, 3.8) is 0 Å². The van der Waals surface area contributed by atoms with E-state index in [1.54, 1.807) is 18.2 Å². The lowest BCUT2D eigenvalue weighted by Gasteiger charge is -2.11. The highest BCUT2D eigenvalue weighted by Gasteiger charge is 2.20. The largest absolute Gasteiger partial charge is 0.493 e. The van der Waals surface area contributed by atoms with Crippen molar-refractivity contribution in [2.45, 2.75) is 27.2 Å². The molecule has 1 aromatic carbocycles. The summed E-state index contributed by atoms with van der Waals surface area (Å²) in [7, 11) is 0. The number of anilines is 1. The van der Waals surface area contributed by atoms with E-state index in [2.05, 4.69) is 26.6 Å². The van der Waals surface area contributed by atoms with Crippen LogP contribution in [-0.2, 0) is 6.42 Å². The Labute approximate surface area is 175 Å². The fraction of sp³-hybridized carbons (Fsp3) is 0.278. The van der Waals surface area contributed by atoms with Crippen molar-refractivity contribution in [2.24, 2.45) is 5.73 Å². The summed E-state index contributed by atoms with van der Waals surface area (Å²) < 4.78 is 6.11. The van der Waals surface area contributed by atoms with Crippen molar-refractivity contribution in [3.8, 4) is 5.75 Å². The van der Waals surface area contributed by atoms with E-state index in [1.165, 1.54) is 11.3 Å². The van der Waals surface area contributed by atoms with Crippen molar-refractivity contribution in [3.05, 3.63) is 44.2 Å². The quantitative estimate of drug-likeness (QED) is 0.555. The van der Waals surface area contributed by atoms with Crippen LogP contribution in [-0.4, -0.2) is 23.5 Å². The molecular weight excluding hydrogens is 450 g/mol. The number of primary amides is 1. The number of thiophene rings is 1. The van der Waals surface area contributed by atoms with Gasteiger partial charge >= 0.3 is 0 Å². The van der Waals surface area contributed by atoms with Crippen LogP contribution in [0.25, 0.3) is 0 Å². The standard InChI is InChI=1S/C18H20BrN3O3S2/c1-4-11-9(3)27-17(14(11)15(20)23)22-18(26)21-16(24)10-6-7-13(25-5-2)12(19)8-10/h6-8H,4-5H2,1-3H3,(H2,20,23)(H2,21,22,24,26). The van der Waals surface area contributed by atoms with E-state index in [-0.39, 0.29) is 11.0 Å². The Morgan fingerprint density at radius 2 is 2.04 bits per heavy atom. The van der Waals surface area contributed by atoms with Gasteiger partial charge in [0.1, 0.15) is 10.8 Å². The van der Waals surface area contributed by atoms with E-state index < -0.39 is 5.91 Å². The van der Waals surface area contributed by atoms with Crippen LogP contribution >= 0.6 is 39.5 Å². The molecule has 2 rings (SSSR count). The zero-order valence-electron chi connectivity index (χ0n) is 15.1. The highest BCUT2D eigenvalue weighted by Crippen LogP contribution is 2.33. The number of aryl methyl sites for hydroxylation is 1. The molecule has 1 aromatic heterocycles. The molecule has 0 radical (unpaired) electrons. The normalized spacial score (nSPS) is 10.4. The van der Waals surface area contributed by atoms with E-state index in [0.717, 1.165) is 10.4 Å². The first kappa shape index (κ1) is 21.3. The molecular formula is C18H20BrN3O3S2. The second kappa shape index (κ2) is 9.29. The van der Waals surface area contributed by atoms with Gasteiger partial charge in [-0.3, -0.25) is 14.9 Å². The van der Waals surface area contributed by atoms with E-state index >= 15 is 0 Å². The highest BCUT2D eigenvalue weighted by atomic mass is 79.9. The molecule has 4 N–H and O–H groups in total. The Morgan fingerprint density at radius 1 is 1.33 bits per heavy atom. The van der Waals surface area contributed by atoms with Crippen LogP contribution in [0.1, 0.15) is 45.0 Å². The van der Waals surface area contributed by atoms with Gasteiger partial charge in [0.25, 0.3) is 11.8 Å². The average molecular weight is 470 g/mol. The first-order chi connectivity index (χ1) is 12.8. The predicted molar refractivity (Wildman–Crippen MR) is 116 cm³/mol. The number of halogens is 1. The molecule has 2 amide bonds. The second-order valence-electron chi connectivity index (χ2n) is 5.55. The molecule has 0 unspecified atom stereocenters. The number of nitrogens with one attached hydrogen (secondary N) is 2. The number of rotatable bonds is 6. The number of hydrogen-bond donors (Lipinski definition) is 3. The van der Waals surface area contributed by atoms with Crippen molar-refractivity contribution >= 4 is 61.4 Å². The van der Waals surface area contributed by atoms with Gasteiger partial charge in [0.2, 0.25) is 0 Å². The van der Waals surface area contributed by atoms with E-state index in [1.807, 2.05) is 20.8 Å². The summed E-state index contributed by atoms with van der Waals surface area (Å²) in [6.45, 7) is 6.28. The maximum absolute atomic E-state index is 12.4. The Kier molecular flexibility index (Phi) is 7.34. The molecule has 6 nitrogen and oxygen atoms in total. The Balaban J connectivity index is 2.13. The smallest absolute Gasteiger partial charge is 0.257 e. The summed E-state index contributed by atoms with van der Waals surface area (Å²) in [6, 6.07) is 5.01. The van der Waals surface area contributed by atoms with Crippen LogP contribution in [0.15, 0.2) is 22.7 Å². The number of ether oxygens (including phenoxy) is 1. The third kappa shape index (κ3) is 5.06. The van der Waals surface area contributed by atoms with Crippen LogP contribution in [0, 0.1) is 6.92 Å². The minimum Gasteiger partial charge on any atom is -0.493 e. The van der Waals surface area contributed by atoms with Gasteiger partial charge < -0.3 is 15.8 Å². The van der Waals surface area contributed by atoms with Crippen molar-refractivity contribution in [1.29, 1.82) is 0 Å². The van der Waals surface area contributed by atoms with Crippen LogP contribution in [0.3, 0.4) is 0 Å². The zero-order valence-corrected chi connectivity index (χ0v) is 18.4. The Morgan fingerprint density at radius 3 is 2.59 bits per heavy atom. The molecule has 0 aliphatic rings. The summed E-state index contributed by atoms with van der Waals surface area (Å²) in [5, 5.41) is 6.16. The molecule has 0 atom stereocenters. The van der Waals surface area contributed by atoms with Crippen molar-refractivity contribution in [2.75, 3.05) is 11.9 Å². The molecule has 144 valence electrons. The zero-order chi connectivity index (χ0) is 20.1. The minimum absolute atomic E-state index is 0.0939. The van der Waals surface area contributed by atoms with E-state index in [9.17, 15) is 9.59 Å². The molecule has 0 aliphatic heterocycles. The summed E-state index contributed by atoms with van der Waals surface area (Å²) in [4.78, 5) is 25.2. The molecule has 2 aromatic rings. The van der Waals surface area contributed by atoms with Gasteiger partial charge in [0.15, 0.2) is 5.11 Å². The molecule has 0 spiro atoms. The summed E-state index contributed by atoms with van der Waals surface area (Å²) in [5.41, 5.74) is 7.23. The number of benzene rings is 1. The number of thiocarbonyl (C=S) groups is 1. The average Bonchev–Trinajstić information content (AvgIpc) is 2.91. The number of nitrogens with two attached hydrogens (primary N) is 1. The van der Waals surface area contributed by atoms with Crippen molar-refractivity contribution in [1.82, 2.24) is 5.32 Å². The molecule has 1 heterocycles. The summed E-state index contributed by atoms with van der Waals surface area (Å²) in [6.07, 6.45) is 0.682. The molecule has 0 saturated heterocycles. The lowest BCUT2D eigenvalue weighted by molar-refractivity contribution is 0.0975. The second-order valence-corrected chi connectivity index (χ2v) is 8.03. The predicted octanol–water partition coefficient (Wildman–Crippen LogP) is 4.01. The highest BCUT2D eigenvalue weighted by molar-refractivity contribution is 9.10. The van der Waals surface area contributed by atoms with Crippen molar-refractivity contribution < 1.29 is 14.3 Å². The lowest BCUT2D eigenvalue weighted by Crippen LogP contribution is -2.34.